The number of halogens is 4. The predicted octanol–water partition coefficient (Wildman–Crippen LogP) is 4.75. The lowest BCUT2D eigenvalue weighted by atomic mass is 9.97. The van der Waals surface area contributed by atoms with Gasteiger partial charge in [-0.15, -0.1) is 0 Å². The smallest absolute Gasteiger partial charge is 0.416 e. The van der Waals surface area contributed by atoms with Gasteiger partial charge in [0, 0.05) is 29.9 Å². The van der Waals surface area contributed by atoms with Gasteiger partial charge in [-0.1, -0.05) is 12.1 Å². The first-order valence-electron chi connectivity index (χ1n) is 8.93. The number of aromatic nitrogens is 2. The zero-order valence-electron chi connectivity index (χ0n) is 15.9. The second-order valence-corrected chi connectivity index (χ2v) is 6.74. The fraction of sp³-hybridized carbons (Fsp3) is 0.190. The van der Waals surface area contributed by atoms with Crippen molar-refractivity contribution in [1.82, 2.24) is 9.55 Å². The van der Waals surface area contributed by atoms with Crippen molar-refractivity contribution in [2.24, 2.45) is 4.99 Å². The van der Waals surface area contributed by atoms with Gasteiger partial charge in [-0.3, -0.25) is 9.36 Å². The van der Waals surface area contributed by atoms with Crippen LogP contribution in [0, 0.1) is 12.7 Å². The molecule has 0 spiro atoms. The quantitative estimate of drug-likeness (QED) is 0.447. The minimum atomic E-state index is -4.61. The number of esters is 1. The topological polar surface area (TPSA) is 56.5 Å². The van der Waals surface area contributed by atoms with Crippen molar-refractivity contribution in [3.05, 3.63) is 82.7 Å². The monoisotopic (exact) mass is 417 g/mol. The third-order valence-electron chi connectivity index (χ3n) is 4.66. The highest BCUT2D eigenvalue weighted by molar-refractivity contribution is 6.15. The van der Waals surface area contributed by atoms with Crippen LogP contribution >= 0.6 is 0 Å². The molecule has 3 aromatic rings. The summed E-state index contributed by atoms with van der Waals surface area (Å²) < 4.78 is 61.7. The number of hydrogen-bond acceptors (Lipinski definition) is 4. The fourth-order valence-electron chi connectivity index (χ4n) is 3.39. The molecule has 1 aromatic heterocycles. The van der Waals surface area contributed by atoms with Crippen LogP contribution in [0.3, 0.4) is 0 Å². The van der Waals surface area contributed by atoms with Gasteiger partial charge in [0.1, 0.15) is 5.82 Å². The average Bonchev–Trinajstić information content (AvgIpc) is 2.99. The van der Waals surface area contributed by atoms with Crippen LogP contribution in [0.5, 0.6) is 0 Å². The zero-order chi connectivity index (χ0) is 21.6. The van der Waals surface area contributed by atoms with Gasteiger partial charge < -0.3 is 4.74 Å². The lowest BCUT2D eigenvalue weighted by molar-refractivity contribution is -0.146. The maximum atomic E-state index is 14.6. The van der Waals surface area contributed by atoms with Gasteiger partial charge in [0.25, 0.3) is 6.23 Å². The highest BCUT2D eigenvalue weighted by Crippen LogP contribution is 2.36. The number of carbonyl (C=O) groups is 1. The summed E-state index contributed by atoms with van der Waals surface area (Å²) in [5.74, 6) is -1.13. The summed E-state index contributed by atoms with van der Waals surface area (Å²) in [6.07, 6.45) is -4.37. The molecule has 0 saturated carbocycles. The van der Waals surface area contributed by atoms with Crippen LogP contribution in [0.1, 0.15) is 41.4 Å². The van der Waals surface area contributed by atoms with Crippen LogP contribution < -0.4 is 0 Å². The first-order chi connectivity index (χ1) is 14.2. The van der Waals surface area contributed by atoms with Crippen LogP contribution in [-0.2, 0) is 15.7 Å². The molecule has 4 rings (SSSR count). The third kappa shape index (κ3) is 3.36. The molecule has 0 bridgehead atoms. The van der Waals surface area contributed by atoms with E-state index in [1.54, 1.807) is 17.6 Å². The fourth-order valence-corrected chi connectivity index (χ4v) is 3.39. The molecule has 1 unspecified atom stereocenters. The summed E-state index contributed by atoms with van der Waals surface area (Å²) in [6.45, 7) is 2.88. The Morgan fingerprint density at radius 3 is 2.53 bits per heavy atom. The highest BCUT2D eigenvalue weighted by atomic mass is 19.4. The lowest BCUT2D eigenvalue weighted by Gasteiger charge is -2.16. The molecule has 0 fully saturated rings. The van der Waals surface area contributed by atoms with Crippen molar-refractivity contribution in [2.45, 2.75) is 26.3 Å². The molecule has 0 aliphatic carbocycles. The summed E-state index contributed by atoms with van der Waals surface area (Å²) in [7, 11) is 0. The Bertz CT molecular complexity index is 1180. The van der Waals surface area contributed by atoms with Crippen molar-refractivity contribution >= 4 is 11.7 Å². The number of rotatable bonds is 2. The number of carbonyl (C=O) groups excluding carboxylic acids is 1. The van der Waals surface area contributed by atoms with Crippen LogP contribution in [0.25, 0.3) is 5.69 Å². The first kappa shape index (κ1) is 19.8. The average molecular weight is 417 g/mol. The van der Waals surface area contributed by atoms with Gasteiger partial charge in [-0.2, -0.15) is 13.2 Å². The van der Waals surface area contributed by atoms with E-state index in [0.717, 1.165) is 12.1 Å². The minimum Gasteiger partial charge on any atom is -0.432 e. The normalized spacial score (nSPS) is 15.7. The maximum absolute atomic E-state index is 14.6. The predicted molar refractivity (Wildman–Crippen MR) is 99.8 cm³/mol. The van der Waals surface area contributed by atoms with E-state index in [9.17, 15) is 22.4 Å². The molecule has 1 atom stereocenters. The molecule has 1 aliphatic heterocycles. The number of imidazole rings is 1. The van der Waals surface area contributed by atoms with E-state index in [1.165, 1.54) is 37.4 Å². The number of fused-ring (bicyclic) bond motifs is 3. The van der Waals surface area contributed by atoms with Gasteiger partial charge in [0.05, 0.1) is 17.0 Å². The van der Waals surface area contributed by atoms with E-state index in [0.29, 0.717) is 11.4 Å². The molecule has 154 valence electrons. The zero-order valence-corrected chi connectivity index (χ0v) is 15.9. The van der Waals surface area contributed by atoms with Crippen molar-refractivity contribution < 1.29 is 27.1 Å². The summed E-state index contributed by atoms with van der Waals surface area (Å²) >= 11 is 0. The van der Waals surface area contributed by atoms with Gasteiger partial charge >= 0.3 is 12.1 Å². The van der Waals surface area contributed by atoms with Crippen molar-refractivity contribution in [1.29, 1.82) is 0 Å². The van der Waals surface area contributed by atoms with Gasteiger partial charge in [-0.25, -0.2) is 14.4 Å². The van der Waals surface area contributed by atoms with E-state index in [-0.39, 0.29) is 22.7 Å². The molecule has 30 heavy (non-hydrogen) atoms. The Morgan fingerprint density at radius 1 is 1.13 bits per heavy atom. The lowest BCUT2D eigenvalue weighted by Crippen LogP contribution is -2.13. The molecule has 2 aromatic carbocycles. The van der Waals surface area contributed by atoms with E-state index in [4.69, 9.17) is 4.74 Å². The minimum absolute atomic E-state index is 0.0152. The summed E-state index contributed by atoms with van der Waals surface area (Å²) in [5, 5.41) is 0. The Hall–Kier alpha value is -3.49. The SMILES string of the molecule is CC(=O)OC1N=C(c2ccccc2F)c2cc(C(F)(F)F)ccc2-n2c(C)cnc21. The van der Waals surface area contributed by atoms with Crippen LogP contribution in [0.15, 0.2) is 53.7 Å². The van der Waals surface area contributed by atoms with E-state index in [2.05, 4.69) is 9.98 Å². The summed E-state index contributed by atoms with van der Waals surface area (Å²) in [4.78, 5) is 20.2. The van der Waals surface area contributed by atoms with Crippen molar-refractivity contribution in [2.75, 3.05) is 0 Å². The number of hydrogen-bond donors (Lipinski definition) is 0. The van der Waals surface area contributed by atoms with E-state index >= 15 is 0 Å². The molecule has 0 saturated heterocycles. The van der Waals surface area contributed by atoms with Crippen LogP contribution in [0.4, 0.5) is 17.6 Å². The number of aliphatic imine (C=N–C) groups is 1. The van der Waals surface area contributed by atoms with E-state index < -0.39 is 29.8 Å². The molecule has 9 heteroatoms. The van der Waals surface area contributed by atoms with Crippen molar-refractivity contribution in [3.63, 3.8) is 0 Å². The first-order valence-corrected chi connectivity index (χ1v) is 8.93. The summed E-state index contributed by atoms with van der Waals surface area (Å²) in [6, 6.07) is 8.73. The second-order valence-electron chi connectivity index (χ2n) is 6.74. The molecule has 1 aliphatic rings. The molecule has 0 amide bonds. The standard InChI is InChI=1S/C21H15F4N3O2/c1-11-10-26-19-20(30-12(2)29)27-18(14-5-3-4-6-16(14)22)15-9-13(21(23,24)25)7-8-17(15)28(11)19/h3-10,20H,1-2H3. The highest BCUT2D eigenvalue weighted by Gasteiger charge is 2.35. The molecule has 0 radical (unpaired) electrons. The number of ether oxygens (including phenoxy) is 1. The molecule has 0 N–H and O–H groups in total. The molecular formula is C21H15F4N3O2. The van der Waals surface area contributed by atoms with Gasteiger partial charge in [0.2, 0.25) is 0 Å². The van der Waals surface area contributed by atoms with Crippen LogP contribution in [-0.4, -0.2) is 21.2 Å². The summed E-state index contributed by atoms with van der Waals surface area (Å²) in [5.41, 5.74) is -0.0238. The van der Waals surface area contributed by atoms with Gasteiger partial charge in [-0.05, 0) is 37.3 Å². The number of aryl methyl sites for hydroxylation is 1. The Kier molecular flexibility index (Phi) is 4.68. The van der Waals surface area contributed by atoms with Crippen LogP contribution in [0.2, 0.25) is 0 Å². The Labute approximate surface area is 168 Å². The van der Waals surface area contributed by atoms with Gasteiger partial charge in [0.15, 0.2) is 5.82 Å². The number of benzene rings is 2. The van der Waals surface area contributed by atoms with E-state index in [1.807, 2.05) is 0 Å². The molecule has 2 heterocycles. The Balaban J connectivity index is 2.07. The Morgan fingerprint density at radius 2 is 1.87 bits per heavy atom. The maximum Gasteiger partial charge on any atom is 0.416 e. The van der Waals surface area contributed by atoms with Crippen molar-refractivity contribution in [3.8, 4) is 5.69 Å². The molecular weight excluding hydrogens is 402 g/mol. The number of alkyl halides is 3. The third-order valence-corrected chi connectivity index (χ3v) is 4.66. The molecule has 5 nitrogen and oxygen atoms in total. The number of nitrogens with zero attached hydrogens (tertiary/aromatic N) is 3. The second kappa shape index (κ2) is 7.08. The largest absolute Gasteiger partial charge is 0.432 e.